The summed E-state index contributed by atoms with van der Waals surface area (Å²) in [5.74, 6) is 1.04. The molecule has 0 amide bonds. The maximum atomic E-state index is 3.78. The third-order valence-corrected chi connectivity index (χ3v) is 7.24. The summed E-state index contributed by atoms with van der Waals surface area (Å²) >= 11 is 0. The quantitative estimate of drug-likeness (QED) is 0.151. The molecule has 2 heterocycles. The van der Waals surface area contributed by atoms with E-state index in [-0.39, 0.29) is 20.4 Å². The van der Waals surface area contributed by atoms with Gasteiger partial charge in [0.2, 0.25) is 0 Å². The van der Waals surface area contributed by atoms with Crippen LogP contribution in [0.25, 0.3) is 0 Å². The molecule has 234 valence electrons. The van der Waals surface area contributed by atoms with Crippen molar-refractivity contribution in [1.82, 2.24) is 9.88 Å². The van der Waals surface area contributed by atoms with Crippen LogP contribution in [0.3, 0.4) is 0 Å². The van der Waals surface area contributed by atoms with Gasteiger partial charge in [0.25, 0.3) is 0 Å². The summed E-state index contributed by atoms with van der Waals surface area (Å²) < 4.78 is 0. The van der Waals surface area contributed by atoms with Crippen LogP contribution in [0.15, 0.2) is 85.2 Å². The van der Waals surface area contributed by atoms with E-state index in [4.69, 9.17) is 0 Å². The van der Waals surface area contributed by atoms with Gasteiger partial charge in [-0.25, -0.2) is 0 Å². The first-order valence-corrected chi connectivity index (χ1v) is 15.1. The first-order valence-electron chi connectivity index (χ1n) is 15.1. The fourth-order valence-electron chi connectivity index (χ4n) is 5.49. The Balaban J connectivity index is 0.000000310. The number of hydrogen-bond donors (Lipinski definition) is 0. The molecule has 3 aromatic carbocycles. The SMILES string of the molecule is CN(C)Cc1[c-]cccc1.Cc1cc(C)c(N2[CH-]N(c3c(C(C)C)cccc3C(C)C)CC2)c(C)c1.[Pd].c1ccncc1. The van der Waals surface area contributed by atoms with Crippen molar-refractivity contribution in [2.24, 2.45) is 0 Å². The van der Waals surface area contributed by atoms with Crippen LogP contribution >= 0.6 is 0 Å². The third kappa shape index (κ3) is 10.9. The van der Waals surface area contributed by atoms with Crippen molar-refractivity contribution in [3.8, 4) is 0 Å². The average molecular weight is 669 g/mol. The summed E-state index contributed by atoms with van der Waals surface area (Å²) in [4.78, 5) is 10.8. The predicted octanol–water partition coefficient (Wildman–Crippen LogP) is 8.93. The van der Waals surface area contributed by atoms with Crippen LogP contribution < -0.4 is 9.80 Å². The Kier molecular flexibility index (Phi) is 15.1. The molecule has 0 spiro atoms. The molecule has 5 heteroatoms. The minimum Gasteiger partial charge on any atom is -0.502 e. The van der Waals surface area contributed by atoms with E-state index in [2.05, 4.69) is 131 Å². The van der Waals surface area contributed by atoms with Crippen LogP contribution in [-0.2, 0) is 27.0 Å². The van der Waals surface area contributed by atoms with Gasteiger partial charge in [0.15, 0.2) is 0 Å². The van der Waals surface area contributed by atoms with E-state index in [0.717, 1.165) is 19.6 Å². The number of nitrogens with zero attached hydrogens (tertiary/aromatic N) is 4. The number of para-hydroxylation sites is 1. The van der Waals surface area contributed by atoms with Crippen LogP contribution in [0.5, 0.6) is 0 Å². The predicted molar refractivity (Wildman–Crippen MR) is 181 cm³/mol. The van der Waals surface area contributed by atoms with Gasteiger partial charge in [-0.1, -0.05) is 69.7 Å². The molecule has 1 aliphatic heterocycles. The van der Waals surface area contributed by atoms with Crippen molar-refractivity contribution in [3.05, 3.63) is 131 Å². The van der Waals surface area contributed by atoms with Crippen LogP contribution in [0.1, 0.15) is 72.9 Å². The van der Waals surface area contributed by atoms with E-state index in [1.165, 1.54) is 44.8 Å². The zero-order valence-corrected chi connectivity index (χ0v) is 29.1. The van der Waals surface area contributed by atoms with Gasteiger partial charge in [-0.3, -0.25) is 4.98 Å². The van der Waals surface area contributed by atoms with Crippen LogP contribution in [0.4, 0.5) is 11.4 Å². The molecule has 4 aromatic rings. The van der Waals surface area contributed by atoms with E-state index in [9.17, 15) is 0 Å². The van der Waals surface area contributed by atoms with Crippen molar-refractivity contribution >= 4 is 11.4 Å². The van der Waals surface area contributed by atoms with E-state index < -0.39 is 0 Å². The standard InChI is InChI=1S/C24H33N2.C9H12N.C5H5N.Pd/c1-16(2)21-9-8-10-22(17(3)4)24(21)26-12-11-25(15-26)23-19(6)13-18(5)14-20(23)7;1-10(2)8-9-6-4-3-5-7-9;1-2-4-6-5-3-1;/h8-10,13-17H,11-12H2,1-7H3;3-6H,8H2,1-2H3;1-5H;/q2*-1;;. The van der Waals surface area contributed by atoms with E-state index in [1.54, 1.807) is 12.4 Å². The molecular formula is C38H50N4Pd-2. The molecular weight excluding hydrogens is 619 g/mol. The fraction of sp³-hybridized carbons (Fsp3) is 0.368. The second kappa shape index (κ2) is 18.0. The Morgan fingerprint density at radius 1 is 0.767 bits per heavy atom. The van der Waals surface area contributed by atoms with Gasteiger partial charge in [-0.15, -0.1) is 5.56 Å². The molecule has 5 rings (SSSR count). The van der Waals surface area contributed by atoms with Gasteiger partial charge in [0, 0.05) is 63.8 Å². The minimum absolute atomic E-state index is 0. The van der Waals surface area contributed by atoms with Gasteiger partial charge in [-0.2, -0.15) is 37.0 Å². The number of aryl methyl sites for hydroxylation is 3. The van der Waals surface area contributed by atoms with Gasteiger partial charge >= 0.3 is 0 Å². The second-order valence-corrected chi connectivity index (χ2v) is 12.0. The Morgan fingerprint density at radius 3 is 1.74 bits per heavy atom. The monoisotopic (exact) mass is 668 g/mol. The van der Waals surface area contributed by atoms with E-state index in [1.807, 2.05) is 36.4 Å². The van der Waals surface area contributed by atoms with Crippen LogP contribution in [-0.4, -0.2) is 37.1 Å². The Bertz CT molecular complexity index is 1280. The summed E-state index contributed by atoms with van der Waals surface area (Å²) in [5, 5.41) is 0. The summed E-state index contributed by atoms with van der Waals surface area (Å²) in [6, 6.07) is 28.3. The Morgan fingerprint density at radius 2 is 1.33 bits per heavy atom. The molecule has 0 atom stereocenters. The number of aromatic nitrogens is 1. The molecule has 1 saturated heterocycles. The third-order valence-electron chi connectivity index (χ3n) is 7.24. The van der Waals surface area contributed by atoms with Gasteiger partial charge in [0.1, 0.15) is 0 Å². The van der Waals surface area contributed by atoms with Crippen molar-refractivity contribution in [2.75, 3.05) is 37.0 Å². The molecule has 0 saturated carbocycles. The molecule has 0 N–H and O–H groups in total. The normalized spacial score (nSPS) is 12.5. The summed E-state index contributed by atoms with van der Waals surface area (Å²) in [5.41, 5.74) is 11.0. The number of rotatable bonds is 6. The molecule has 0 unspecified atom stereocenters. The maximum Gasteiger partial charge on any atom is 0.0267 e. The molecule has 1 aromatic heterocycles. The first-order chi connectivity index (χ1) is 20.1. The number of pyridine rings is 1. The van der Waals surface area contributed by atoms with Gasteiger partial charge in [0.05, 0.1) is 0 Å². The fourth-order valence-corrected chi connectivity index (χ4v) is 5.49. The molecule has 43 heavy (non-hydrogen) atoms. The maximum absolute atomic E-state index is 3.78. The van der Waals surface area contributed by atoms with Crippen LogP contribution in [0, 0.1) is 33.5 Å². The molecule has 0 bridgehead atoms. The van der Waals surface area contributed by atoms with Gasteiger partial charge in [-0.05, 0) is 81.1 Å². The zero-order valence-electron chi connectivity index (χ0n) is 27.5. The summed E-state index contributed by atoms with van der Waals surface area (Å²) in [6.45, 7) is 21.2. The second-order valence-electron chi connectivity index (χ2n) is 12.0. The van der Waals surface area contributed by atoms with Crippen molar-refractivity contribution in [3.63, 3.8) is 0 Å². The minimum atomic E-state index is 0. The summed E-state index contributed by atoms with van der Waals surface area (Å²) in [7, 11) is 4.11. The number of benzene rings is 3. The largest absolute Gasteiger partial charge is 0.502 e. The molecule has 1 fully saturated rings. The molecule has 4 nitrogen and oxygen atoms in total. The van der Waals surface area contributed by atoms with Crippen molar-refractivity contribution in [1.29, 1.82) is 0 Å². The Labute approximate surface area is 275 Å². The van der Waals surface area contributed by atoms with Crippen molar-refractivity contribution < 1.29 is 20.4 Å². The Hall–Kier alpha value is -2.97. The zero-order chi connectivity index (χ0) is 30.6. The topological polar surface area (TPSA) is 22.6 Å². The molecule has 0 radical (unpaired) electrons. The van der Waals surface area contributed by atoms with E-state index in [0.29, 0.717) is 11.8 Å². The average Bonchev–Trinajstić information content (AvgIpc) is 3.43. The van der Waals surface area contributed by atoms with Crippen molar-refractivity contribution in [2.45, 2.75) is 66.8 Å². The number of hydrogen-bond acceptors (Lipinski definition) is 4. The van der Waals surface area contributed by atoms with E-state index >= 15 is 0 Å². The van der Waals surface area contributed by atoms with Crippen LogP contribution in [0.2, 0.25) is 0 Å². The summed E-state index contributed by atoms with van der Waals surface area (Å²) in [6.07, 6.45) is 3.50. The number of anilines is 2. The molecule has 0 aliphatic carbocycles. The smallest absolute Gasteiger partial charge is 0.0267 e. The first kappa shape index (κ1) is 36.2. The molecule has 1 aliphatic rings. The van der Waals surface area contributed by atoms with Gasteiger partial charge < -0.3 is 14.7 Å².